The van der Waals surface area contributed by atoms with Gasteiger partial charge in [-0.3, -0.25) is 0 Å². The van der Waals surface area contributed by atoms with E-state index in [9.17, 15) is 15.0 Å². The van der Waals surface area contributed by atoms with Crippen molar-refractivity contribution in [2.24, 2.45) is 0 Å². The first-order chi connectivity index (χ1) is 8.05. The highest BCUT2D eigenvalue weighted by atomic mass is 79.9. The molecule has 0 amide bonds. The van der Waals surface area contributed by atoms with Crippen LogP contribution >= 0.6 is 15.9 Å². The molecule has 2 N–H and O–H groups in total. The number of ether oxygens (including phenoxy) is 1. The minimum absolute atomic E-state index is 0.0913. The Balaban J connectivity index is 2.29. The second-order valence-electron chi connectivity index (χ2n) is 4.64. The van der Waals surface area contributed by atoms with Gasteiger partial charge in [0.15, 0.2) is 0 Å². The van der Waals surface area contributed by atoms with Crippen molar-refractivity contribution in [1.29, 1.82) is 0 Å². The van der Waals surface area contributed by atoms with Gasteiger partial charge in [-0.2, -0.15) is 0 Å². The Kier molecular flexibility index (Phi) is 2.17. The summed E-state index contributed by atoms with van der Waals surface area (Å²) in [5.74, 6) is -1.06. The van der Waals surface area contributed by atoms with E-state index in [0.29, 0.717) is 16.8 Å². The third kappa shape index (κ3) is 1.45. The Labute approximate surface area is 106 Å². The molecule has 1 fully saturated rings. The van der Waals surface area contributed by atoms with Crippen LogP contribution in [-0.2, 0) is 5.41 Å². The van der Waals surface area contributed by atoms with Crippen molar-refractivity contribution in [2.45, 2.75) is 24.7 Å². The lowest BCUT2D eigenvalue weighted by Crippen LogP contribution is -2.22. The SMILES string of the molecule is O=C(O)c1c(O)c(Br)cc2c1OCCC21CC1. The van der Waals surface area contributed by atoms with E-state index in [0.717, 1.165) is 24.8 Å². The molecule has 1 aliphatic carbocycles. The Morgan fingerprint density at radius 3 is 2.71 bits per heavy atom. The van der Waals surface area contributed by atoms with Crippen molar-refractivity contribution in [3.05, 3.63) is 21.7 Å². The van der Waals surface area contributed by atoms with Crippen LogP contribution in [0.2, 0.25) is 0 Å². The third-order valence-electron chi connectivity index (χ3n) is 3.67. The van der Waals surface area contributed by atoms with Crippen LogP contribution in [0.3, 0.4) is 0 Å². The largest absolute Gasteiger partial charge is 0.506 e. The van der Waals surface area contributed by atoms with E-state index in [1.165, 1.54) is 0 Å². The molecular weight excluding hydrogens is 288 g/mol. The number of carbonyl (C=O) groups is 1. The average molecular weight is 299 g/mol. The van der Waals surface area contributed by atoms with Crippen molar-refractivity contribution in [1.82, 2.24) is 0 Å². The van der Waals surface area contributed by atoms with E-state index in [4.69, 9.17) is 4.74 Å². The number of hydrogen-bond donors (Lipinski definition) is 2. The predicted octanol–water partition coefficient (Wildman–Crippen LogP) is 2.67. The van der Waals surface area contributed by atoms with Crippen molar-refractivity contribution in [3.63, 3.8) is 0 Å². The minimum atomic E-state index is -1.15. The molecule has 4 nitrogen and oxygen atoms in total. The van der Waals surface area contributed by atoms with Gasteiger partial charge in [-0.25, -0.2) is 4.79 Å². The Hall–Kier alpha value is -1.23. The fourth-order valence-electron chi connectivity index (χ4n) is 2.52. The topological polar surface area (TPSA) is 66.8 Å². The van der Waals surface area contributed by atoms with Crippen molar-refractivity contribution < 1.29 is 19.7 Å². The summed E-state index contributed by atoms with van der Waals surface area (Å²) >= 11 is 3.20. The smallest absolute Gasteiger partial charge is 0.343 e. The van der Waals surface area contributed by atoms with Gasteiger partial charge in [0.25, 0.3) is 0 Å². The molecule has 3 rings (SSSR count). The summed E-state index contributed by atoms with van der Waals surface area (Å²) in [4.78, 5) is 11.2. The molecule has 1 aliphatic heterocycles. The number of hydrogen-bond acceptors (Lipinski definition) is 3. The van der Waals surface area contributed by atoms with Gasteiger partial charge in [-0.15, -0.1) is 0 Å². The highest BCUT2D eigenvalue weighted by Crippen LogP contribution is 2.58. The zero-order valence-corrected chi connectivity index (χ0v) is 10.6. The molecule has 17 heavy (non-hydrogen) atoms. The number of fused-ring (bicyclic) bond motifs is 2. The molecule has 0 saturated heterocycles. The number of carboxylic acids is 1. The lowest BCUT2D eigenvalue weighted by Gasteiger charge is -2.27. The molecule has 0 unspecified atom stereocenters. The summed E-state index contributed by atoms with van der Waals surface area (Å²) in [5, 5.41) is 19.0. The van der Waals surface area contributed by atoms with Crippen LogP contribution in [0.25, 0.3) is 0 Å². The van der Waals surface area contributed by atoms with E-state index in [2.05, 4.69) is 15.9 Å². The molecule has 1 heterocycles. The Morgan fingerprint density at radius 2 is 2.12 bits per heavy atom. The lowest BCUT2D eigenvalue weighted by molar-refractivity contribution is 0.0687. The predicted molar refractivity (Wildman–Crippen MR) is 63.8 cm³/mol. The number of halogens is 1. The maximum atomic E-state index is 11.2. The molecule has 1 saturated carbocycles. The lowest BCUT2D eigenvalue weighted by atomic mass is 9.88. The number of aromatic hydroxyl groups is 1. The van der Waals surface area contributed by atoms with Gasteiger partial charge in [0, 0.05) is 11.0 Å². The number of phenols is 1. The number of benzene rings is 1. The van der Waals surface area contributed by atoms with Crippen molar-refractivity contribution in [3.8, 4) is 11.5 Å². The molecule has 1 aromatic rings. The normalized spacial score (nSPS) is 19.6. The molecule has 0 radical (unpaired) electrons. The number of carboxylic acid groups (broad SMARTS) is 1. The molecule has 1 aromatic carbocycles. The summed E-state index contributed by atoms with van der Waals surface area (Å²) in [6.45, 7) is 0.522. The molecule has 0 atom stereocenters. The summed E-state index contributed by atoms with van der Waals surface area (Å²) in [6, 6.07) is 1.79. The van der Waals surface area contributed by atoms with Crippen LogP contribution in [-0.4, -0.2) is 22.8 Å². The Bertz CT molecular complexity index is 520. The molecule has 0 bridgehead atoms. The molecular formula is C12H11BrO4. The molecule has 5 heteroatoms. The van der Waals surface area contributed by atoms with Crippen LogP contribution in [0, 0.1) is 0 Å². The zero-order valence-electron chi connectivity index (χ0n) is 8.99. The first-order valence-corrected chi connectivity index (χ1v) is 6.26. The highest BCUT2D eigenvalue weighted by Gasteiger charge is 2.49. The second-order valence-corrected chi connectivity index (χ2v) is 5.50. The van der Waals surface area contributed by atoms with Crippen molar-refractivity contribution in [2.75, 3.05) is 6.61 Å². The van der Waals surface area contributed by atoms with E-state index < -0.39 is 5.97 Å². The first-order valence-electron chi connectivity index (χ1n) is 5.47. The molecule has 90 valence electrons. The van der Waals surface area contributed by atoms with Gasteiger partial charge in [0.1, 0.15) is 17.1 Å². The number of aromatic carboxylic acids is 1. The fraction of sp³-hybridized carbons (Fsp3) is 0.417. The van der Waals surface area contributed by atoms with Gasteiger partial charge in [-0.05, 0) is 41.3 Å². The summed E-state index contributed by atoms with van der Waals surface area (Å²) < 4.78 is 5.89. The summed E-state index contributed by atoms with van der Waals surface area (Å²) in [5.41, 5.74) is 0.889. The average Bonchev–Trinajstić information content (AvgIpc) is 3.02. The van der Waals surface area contributed by atoms with E-state index in [-0.39, 0.29) is 16.7 Å². The van der Waals surface area contributed by atoms with Gasteiger partial charge in [-0.1, -0.05) is 0 Å². The first kappa shape index (κ1) is 10.9. The van der Waals surface area contributed by atoms with Crippen LogP contribution < -0.4 is 4.74 Å². The zero-order chi connectivity index (χ0) is 12.2. The van der Waals surface area contributed by atoms with E-state index in [1.807, 2.05) is 0 Å². The quantitative estimate of drug-likeness (QED) is 0.836. The maximum Gasteiger partial charge on any atom is 0.343 e. The van der Waals surface area contributed by atoms with E-state index in [1.54, 1.807) is 6.07 Å². The van der Waals surface area contributed by atoms with Gasteiger partial charge < -0.3 is 14.9 Å². The fourth-order valence-corrected chi connectivity index (χ4v) is 2.95. The van der Waals surface area contributed by atoms with Crippen LogP contribution in [0.15, 0.2) is 10.5 Å². The van der Waals surface area contributed by atoms with Crippen LogP contribution in [0.4, 0.5) is 0 Å². The molecule has 1 spiro atoms. The standard InChI is InChI=1S/C12H11BrO4/c13-7-5-6-10(8(9(7)14)11(15)16)17-4-3-12(6)1-2-12/h5,14H,1-4H2,(H,15,16). The molecule has 2 aliphatic rings. The summed E-state index contributed by atoms with van der Waals surface area (Å²) in [7, 11) is 0. The summed E-state index contributed by atoms with van der Waals surface area (Å²) in [6.07, 6.45) is 3.07. The monoisotopic (exact) mass is 298 g/mol. The minimum Gasteiger partial charge on any atom is -0.506 e. The van der Waals surface area contributed by atoms with Crippen LogP contribution in [0.1, 0.15) is 35.2 Å². The Morgan fingerprint density at radius 1 is 1.41 bits per heavy atom. The van der Waals surface area contributed by atoms with Crippen LogP contribution in [0.5, 0.6) is 11.5 Å². The van der Waals surface area contributed by atoms with Crippen molar-refractivity contribution >= 4 is 21.9 Å². The second kappa shape index (κ2) is 3.38. The highest BCUT2D eigenvalue weighted by molar-refractivity contribution is 9.10. The number of rotatable bonds is 1. The molecule has 0 aromatic heterocycles. The van der Waals surface area contributed by atoms with Gasteiger partial charge >= 0.3 is 5.97 Å². The van der Waals surface area contributed by atoms with Gasteiger partial charge in [0.05, 0.1) is 11.1 Å². The van der Waals surface area contributed by atoms with Gasteiger partial charge in [0.2, 0.25) is 0 Å². The van der Waals surface area contributed by atoms with E-state index >= 15 is 0 Å². The third-order valence-corrected chi connectivity index (χ3v) is 4.28. The maximum absolute atomic E-state index is 11.2.